The van der Waals surface area contributed by atoms with Crippen LogP contribution in [0.2, 0.25) is 0 Å². The number of aryl methyl sites for hydroxylation is 1. The fourth-order valence-electron chi connectivity index (χ4n) is 4.91. The zero-order valence-electron chi connectivity index (χ0n) is 23.6. The number of allylic oxidation sites excluding steroid dienone is 3. The highest BCUT2D eigenvalue weighted by molar-refractivity contribution is 5.79. The maximum absolute atomic E-state index is 14.6. The topological polar surface area (TPSA) is 116 Å². The fourth-order valence-corrected chi connectivity index (χ4v) is 4.91. The average Bonchev–Trinajstić information content (AvgIpc) is 3.16. The highest BCUT2D eigenvalue weighted by atomic mass is 19.1. The van der Waals surface area contributed by atoms with E-state index in [1.54, 1.807) is 34.9 Å². The van der Waals surface area contributed by atoms with Crippen molar-refractivity contribution in [2.24, 2.45) is 11.8 Å². The normalized spacial score (nSPS) is 19.6. The molecule has 0 radical (unpaired) electrons. The van der Waals surface area contributed by atoms with Crippen LogP contribution in [0.25, 0.3) is 5.82 Å². The van der Waals surface area contributed by atoms with Crippen LogP contribution < -0.4 is 10.1 Å². The minimum Gasteiger partial charge on any atom is -0.483 e. The third kappa shape index (κ3) is 6.44. The molecule has 3 heterocycles. The van der Waals surface area contributed by atoms with Crippen molar-refractivity contribution >= 4 is 18.2 Å². The smallest absolute Gasteiger partial charge is 0.317 e. The Morgan fingerprint density at radius 2 is 1.98 bits per heavy atom. The molecule has 1 fully saturated rings. The van der Waals surface area contributed by atoms with Gasteiger partial charge >= 0.3 is 6.03 Å². The number of carbonyl (C=O) groups excluding carboxylic acids is 2. The van der Waals surface area contributed by atoms with E-state index in [9.17, 15) is 22.8 Å². The Hall–Kier alpha value is -4.16. The summed E-state index contributed by atoms with van der Waals surface area (Å²) in [5.74, 6) is -3.13. The first-order valence-electron chi connectivity index (χ1n) is 13.3. The van der Waals surface area contributed by atoms with Crippen molar-refractivity contribution in [1.29, 1.82) is 5.41 Å². The number of rotatable bonds is 9. The summed E-state index contributed by atoms with van der Waals surface area (Å²) in [5, 5.41) is 14.7. The first kappa shape index (κ1) is 29.8. The van der Waals surface area contributed by atoms with E-state index in [-0.39, 0.29) is 37.6 Å². The number of halogens is 3. The van der Waals surface area contributed by atoms with Crippen molar-refractivity contribution in [2.45, 2.75) is 45.8 Å². The van der Waals surface area contributed by atoms with Crippen LogP contribution in [0.1, 0.15) is 30.3 Å². The lowest BCUT2D eigenvalue weighted by Gasteiger charge is -2.40. The van der Waals surface area contributed by atoms with Gasteiger partial charge in [-0.2, -0.15) is 5.10 Å². The Bertz CT molecular complexity index is 1400. The van der Waals surface area contributed by atoms with E-state index in [2.05, 4.69) is 15.4 Å². The molecule has 41 heavy (non-hydrogen) atoms. The number of amides is 3. The minimum atomic E-state index is -0.718. The molecule has 0 saturated carbocycles. The Morgan fingerprint density at radius 3 is 2.63 bits per heavy atom. The van der Waals surface area contributed by atoms with Gasteiger partial charge in [0.25, 0.3) is 0 Å². The SMILES string of the molecule is Cc1nn(-c2cc(OC3CN(C(=O)N[C@@H](CC=N)C4C=C(F)C=C(F)C4C)C3)c(F)cn2)c(C)c1CC(=O)N(C)C. The second-order valence-electron chi connectivity index (χ2n) is 10.6. The molecule has 1 aliphatic carbocycles. The second kappa shape index (κ2) is 12.1. The van der Waals surface area contributed by atoms with E-state index in [1.165, 1.54) is 26.6 Å². The molecule has 0 aromatic carbocycles. The van der Waals surface area contributed by atoms with Crippen LogP contribution in [0, 0.1) is 36.9 Å². The van der Waals surface area contributed by atoms with Crippen molar-refractivity contribution in [2.75, 3.05) is 27.2 Å². The predicted molar refractivity (Wildman–Crippen MR) is 146 cm³/mol. The number of likely N-dealkylation sites (tertiary alicyclic amines) is 1. The molecule has 0 bridgehead atoms. The summed E-state index contributed by atoms with van der Waals surface area (Å²) in [6, 6.07) is 0.271. The summed E-state index contributed by atoms with van der Waals surface area (Å²) < 4.78 is 50.0. The summed E-state index contributed by atoms with van der Waals surface area (Å²) >= 11 is 0. The van der Waals surface area contributed by atoms with Gasteiger partial charge in [0.2, 0.25) is 5.91 Å². The molecule has 3 amide bonds. The number of aromatic nitrogens is 3. The van der Waals surface area contributed by atoms with Gasteiger partial charge in [-0.05, 0) is 26.1 Å². The molecule has 2 aromatic rings. The van der Waals surface area contributed by atoms with Crippen LogP contribution in [0.4, 0.5) is 18.0 Å². The third-order valence-electron chi connectivity index (χ3n) is 7.50. The number of ether oxygens (including phenoxy) is 1. The largest absolute Gasteiger partial charge is 0.483 e. The molecule has 1 saturated heterocycles. The first-order valence-corrected chi connectivity index (χ1v) is 13.3. The summed E-state index contributed by atoms with van der Waals surface area (Å²) in [6.45, 7) is 5.52. The number of likely N-dealkylation sites (N-methyl/N-ethyl adjacent to an activating group) is 1. The highest BCUT2D eigenvalue weighted by Crippen LogP contribution is 2.33. The first-order chi connectivity index (χ1) is 19.4. The molecule has 1 aliphatic heterocycles. The van der Waals surface area contributed by atoms with Crippen LogP contribution in [-0.2, 0) is 11.2 Å². The summed E-state index contributed by atoms with van der Waals surface area (Å²) in [4.78, 5) is 32.2. The highest BCUT2D eigenvalue weighted by Gasteiger charge is 2.37. The van der Waals surface area contributed by atoms with Gasteiger partial charge in [-0.25, -0.2) is 27.6 Å². The molecule has 2 aliphatic rings. The number of carbonyl (C=O) groups is 2. The van der Waals surface area contributed by atoms with E-state index in [0.29, 0.717) is 17.2 Å². The number of urea groups is 1. The van der Waals surface area contributed by atoms with Crippen LogP contribution in [0.3, 0.4) is 0 Å². The van der Waals surface area contributed by atoms with Crippen molar-refractivity contribution in [1.82, 2.24) is 29.9 Å². The molecule has 13 heteroatoms. The van der Waals surface area contributed by atoms with E-state index < -0.39 is 47.5 Å². The number of nitrogens with one attached hydrogen (secondary N) is 2. The zero-order chi connectivity index (χ0) is 30.0. The molecule has 0 spiro atoms. The van der Waals surface area contributed by atoms with Crippen LogP contribution in [-0.4, -0.2) is 82.0 Å². The Morgan fingerprint density at radius 1 is 1.27 bits per heavy atom. The van der Waals surface area contributed by atoms with E-state index >= 15 is 0 Å². The minimum absolute atomic E-state index is 0.0564. The molecule has 3 atom stereocenters. The Labute approximate surface area is 236 Å². The van der Waals surface area contributed by atoms with Crippen LogP contribution >= 0.6 is 0 Å². The number of pyridine rings is 1. The molecule has 4 rings (SSSR count). The summed E-state index contributed by atoms with van der Waals surface area (Å²) in [6.07, 6.45) is 4.00. The summed E-state index contributed by atoms with van der Waals surface area (Å²) in [7, 11) is 3.35. The van der Waals surface area contributed by atoms with E-state index in [4.69, 9.17) is 10.1 Å². The quantitative estimate of drug-likeness (QED) is 0.443. The van der Waals surface area contributed by atoms with Gasteiger partial charge in [0.15, 0.2) is 17.4 Å². The van der Waals surface area contributed by atoms with Gasteiger partial charge in [-0.3, -0.25) is 4.79 Å². The van der Waals surface area contributed by atoms with E-state index in [1.807, 2.05) is 0 Å². The van der Waals surface area contributed by atoms with Crippen molar-refractivity contribution in [3.8, 4) is 11.6 Å². The third-order valence-corrected chi connectivity index (χ3v) is 7.50. The molecular formula is C28H34F3N7O3. The summed E-state index contributed by atoms with van der Waals surface area (Å²) in [5.41, 5.74) is 2.12. The maximum atomic E-state index is 14.6. The van der Waals surface area contributed by atoms with Gasteiger partial charge in [-0.15, -0.1) is 0 Å². The van der Waals surface area contributed by atoms with Gasteiger partial charge in [-0.1, -0.05) is 6.92 Å². The average molecular weight is 574 g/mol. The predicted octanol–water partition coefficient (Wildman–Crippen LogP) is 3.81. The second-order valence-corrected chi connectivity index (χ2v) is 10.6. The maximum Gasteiger partial charge on any atom is 0.317 e. The number of hydrogen-bond donors (Lipinski definition) is 2. The van der Waals surface area contributed by atoms with Crippen molar-refractivity contribution in [3.63, 3.8) is 0 Å². The van der Waals surface area contributed by atoms with E-state index in [0.717, 1.165) is 24.1 Å². The standard InChI is InChI=1S/C28H34F3N7O3/c1-15-20(8-18(29)9-22(15)30)24(6-7-32)34-28(40)37-13-19(14-37)41-25-11-26(33-12-23(25)31)38-17(3)21(16(2)35-38)10-27(39)36(4)5/h7-9,11-12,15,19-20,24,32H,6,10,13-14H2,1-5H3,(H,34,40)/t15?,20?,24-/m0/s1. The van der Waals surface area contributed by atoms with Gasteiger partial charge < -0.3 is 25.3 Å². The van der Waals surface area contributed by atoms with Gasteiger partial charge in [0, 0.05) is 61.8 Å². The number of hydrogen-bond acceptors (Lipinski definition) is 6. The van der Waals surface area contributed by atoms with Crippen LogP contribution in [0.5, 0.6) is 5.75 Å². The lowest BCUT2D eigenvalue weighted by atomic mass is 9.82. The molecular weight excluding hydrogens is 539 g/mol. The zero-order valence-corrected chi connectivity index (χ0v) is 23.6. The Balaban J connectivity index is 1.40. The lowest BCUT2D eigenvalue weighted by Crippen LogP contribution is -2.60. The monoisotopic (exact) mass is 573 g/mol. The van der Waals surface area contributed by atoms with Crippen LogP contribution in [0.15, 0.2) is 36.1 Å². The molecule has 220 valence electrons. The fraction of sp³-hybridized carbons (Fsp3) is 0.464. The molecule has 2 aromatic heterocycles. The van der Waals surface area contributed by atoms with Gasteiger partial charge in [0.1, 0.15) is 17.8 Å². The lowest BCUT2D eigenvalue weighted by molar-refractivity contribution is -0.127. The Kier molecular flexibility index (Phi) is 8.83. The van der Waals surface area contributed by atoms with Gasteiger partial charge in [0.05, 0.1) is 31.4 Å². The van der Waals surface area contributed by atoms with Crippen molar-refractivity contribution in [3.05, 3.63) is 58.8 Å². The van der Waals surface area contributed by atoms with Crippen molar-refractivity contribution < 1.29 is 27.5 Å². The molecule has 2 N–H and O–H groups in total. The molecule has 2 unspecified atom stereocenters. The number of nitrogens with zero attached hydrogens (tertiary/aromatic N) is 5. The molecule has 10 nitrogen and oxygen atoms in total.